The molecule has 0 aliphatic carbocycles. The van der Waals surface area contributed by atoms with Crippen LogP contribution in [0.4, 0.5) is 0 Å². The average molecular weight is 308 g/mol. The Labute approximate surface area is 129 Å². The van der Waals surface area contributed by atoms with Gasteiger partial charge < -0.3 is 10.2 Å². The second kappa shape index (κ2) is 7.65. The van der Waals surface area contributed by atoms with E-state index in [1.54, 1.807) is 45.2 Å². The number of rotatable bonds is 5. The van der Waals surface area contributed by atoms with Crippen molar-refractivity contribution in [3.8, 4) is 6.07 Å². The van der Waals surface area contributed by atoms with Gasteiger partial charge in [-0.1, -0.05) is 11.6 Å². The molecule has 0 radical (unpaired) electrons. The lowest BCUT2D eigenvalue weighted by Crippen LogP contribution is -2.48. The molecule has 0 saturated carbocycles. The van der Waals surface area contributed by atoms with Crippen LogP contribution >= 0.6 is 11.6 Å². The molecule has 0 spiro atoms. The summed E-state index contributed by atoms with van der Waals surface area (Å²) in [5.41, 5.74) is 0.437. The van der Waals surface area contributed by atoms with E-state index in [2.05, 4.69) is 5.32 Å². The molecule has 2 atom stereocenters. The Morgan fingerprint density at radius 1 is 1.33 bits per heavy atom. The van der Waals surface area contributed by atoms with Gasteiger partial charge in [-0.15, -0.1) is 0 Å². The topological polar surface area (TPSA) is 73.2 Å². The van der Waals surface area contributed by atoms with Crippen LogP contribution in [-0.4, -0.2) is 35.8 Å². The maximum Gasteiger partial charge on any atom is 0.251 e. The molecule has 6 heteroatoms. The number of hydrogen-bond donors (Lipinski definition) is 1. The smallest absolute Gasteiger partial charge is 0.251 e. The number of hydrogen-bond acceptors (Lipinski definition) is 3. The summed E-state index contributed by atoms with van der Waals surface area (Å²) < 4.78 is 0. The second-order valence-corrected chi connectivity index (χ2v) is 5.30. The lowest BCUT2D eigenvalue weighted by molar-refractivity contribution is -0.133. The van der Waals surface area contributed by atoms with Crippen molar-refractivity contribution in [1.82, 2.24) is 10.2 Å². The molecule has 0 heterocycles. The van der Waals surface area contributed by atoms with Gasteiger partial charge in [0, 0.05) is 23.7 Å². The Balaban J connectivity index is 2.65. The zero-order valence-electron chi connectivity index (χ0n) is 12.3. The first-order chi connectivity index (χ1) is 9.86. The van der Waals surface area contributed by atoms with Gasteiger partial charge in [0.25, 0.3) is 5.91 Å². The predicted molar refractivity (Wildman–Crippen MR) is 80.8 cm³/mol. The molecule has 0 aliphatic heterocycles. The van der Waals surface area contributed by atoms with Crippen molar-refractivity contribution >= 4 is 23.4 Å². The number of nitrogens with one attached hydrogen (secondary N) is 1. The molecule has 0 fully saturated rings. The number of likely N-dealkylation sites (N-methyl/N-ethyl adjacent to an activating group) is 1. The molecule has 1 N–H and O–H groups in total. The summed E-state index contributed by atoms with van der Waals surface area (Å²) in [6, 6.07) is 7.57. The largest absolute Gasteiger partial charge is 0.341 e. The molecule has 0 bridgehead atoms. The molecule has 1 rings (SSSR count). The second-order valence-electron chi connectivity index (χ2n) is 4.86. The van der Waals surface area contributed by atoms with E-state index < -0.39 is 6.04 Å². The normalized spacial score (nSPS) is 12.9. The monoisotopic (exact) mass is 307 g/mol. The molecule has 112 valence electrons. The highest BCUT2D eigenvalue weighted by Crippen LogP contribution is 2.10. The highest BCUT2D eigenvalue weighted by Gasteiger charge is 2.23. The molecular formula is C15H18ClN3O2. The molecule has 0 saturated heterocycles. The molecular weight excluding hydrogens is 290 g/mol. The van der Waals surface area contributed by atoms with Crippen LogP contribution in [0.3, 0.4) is 0 Å². The van der Waals surface area contributed by atoms with Crippen LogP contribution in [0, 0.1) is 11.3 Å². The standard InChI is InChI=1S/C15H18ClN3O2/c1-10(8-9-17)19(3)15(21)11(2)18-14(20)12-4-6-13(16)7-5-12/h4-7,10-11H,8H2,1-3H3,(H,18,20)/t10-,11+/m1/s1. The van der Waals surface area contributed by atoms with E-state index in [-0.39, 0.29) is 24.3 Å². The predicted octanol–water partition coefficient (Wildman–Crippen LogP) is 2.22. The van der Waals surface area contributed by atoms with Crippen LogP contribution in [0.5, 0.6) is 0 Å². The molecule has 5 nitrogen and oxygen atoms in total. The Kier molecular flexibility index (Phi) is 6.19. The maximum absolute atomic E-state index is 12.2. The highest BCUT2D eigenvalue weighted by atomic mass is 35.5. The fourth-order valence-corrected chi connectivity index (χ4v) is 1.86. The minimum atomic E-state index is -0.667. The van der Waals surface area contributed by atoms with Crippen LogP contribution in [-0.2, 0) is 4.79 Å². The summed E-state index contributed by atoms with van der Waals surface area (Å²) in [5.74, 6) is -0.575. The zero-order chi connectivity index (χ0) is 16.0. The first-order valence-electron chi connectivity index (χ1n) is 6.57. The Hall–Kier alpha value is -2.06. The van der Waals surface area contributed by atoms with Crippen LogP contribution in [0.2, 0.25) is 5.02 Å². The summed E-state index contributed by atoms with van der Waals surface area (Å²) >= 11 is 5.76. The molecule has 2 amide bonds. The van der Waals surface area contributed by atoms with Gasteiger partial charge in [-0.2, -0.15) is 5.26 Å². The van der Waals surface area contributed by atoms with Crippen molar-refractivity contribution in [1.29, 1.82) is 5.26 Å². The van der Waals surface area contributed by atoms with Crippen molar-refractivity contribution in [3.63, 3.8) is 0 Å². The summed E-state index contributed by atoms with van der Waals surface area (Å²) in [4.78, 5) is 25.6. The molecule has 0 aromatic heterocycles. The first kappa shape index (κ1) is 17.0. The van der Waals surface area contributed by atoms with E-state index in [1.807, 2.05) is 6.07 Å². The first-order valence-corrected chi connectivity index (χ1v) is 6.94. The third-order valence-corrected chi connectivity index (χ3v) is 3.47. The number of carbonyl (C=O) groups is 2. The Bertz CT molecular complexity index is 551. The third-order valence-electron chi connectivity index (χ3n) is 3.22. The van der Waals surface area contributed by atoms with E-state index in [4.69, 9.17) is 16.9 Å². The summed E-state index contributed by atoms with van der Waals surface area (Å²) in [5, 5.41) is 11.8. The molecule has 1 aromatic rings. The number of nitriles is 1. The summed E-state index contributed by atoms with van der Waals surface area (Å²) in [6.45, 7) is 3.40. The molecule has 21 heavy (non-hydrogen) atoms. The molecule has 1 aromatic carbocycles. The van der Waals surface area contributed by atoms with Crippen LogP contribution < -0.4 is 5.32 Å². The van der Waals surface area contributed by atoms with Crippen molar-refractivity contribution in [3.05, 3.63) is 34.9 Å². The van der Waals surface area contributed by atoms with E-state index in [0.717, 1.165) is 0 Å². The molecule has 0 unspecified atom stereocenters. The van der Waals surface area contributed by atoms with Crippen molar-refractivity contribution < 1.29 is 9.59 Å². The van der Waals surface area contributed by atoms with Gasteiger partial charge >= 0.3 is 0 Å². The number of benzene rings is 1. The van der Waals surface area contributed by atoms with Crippen molar-refractivity contribution in [2.45, 2.75) is 32.4 Å². The SMILES string of the molecule is C[C@H](NC(=O)c1ccc(Cl)cc1)C(=O)N(C)[C@H](C)CC#N. The quantitative estimate of drug-likeness (QED) is 0.906. The van der Waals surface area contributed by atoms with Crippen LogP contribution in [0.25, 0.3) is 0 Å². The van der Waals surface area contributed by atoms with Gasteiger partial charge in [0.1, 0.15) is 6.04 Å². The van der Waals surface area contributed by atoms with Gasteiger partial charge in [0.15, 0.2) is 0 Å². The fourth-order valence-electron chi connectivity index (χ4n) is 1.73. The highest BCUT2D eigenvalue weighted by molar-refractivity contribution is 6.30. The van der Waals surface area contributed by atoms with Gasteiger partial charge in [0.05, 0.1) is 12.5 Å². The number of halogens is 1. The van der Waals surface area contributed by atoms with E-state index >= 15 is 0 Å². The van der Waals surface area contributed by atoms with Gasteiger partial charge in [0.2, 0.25) is 5.91 Å². The van der Waals surface area contributed by atoms with Gasteiger partial charge in [-0.25, -0.2) is 0 Å². The fraction of sp³-hybridized carbons (Fsp3) is 0.400. The van der Waals surface area contributed by atoms with Crippen LogP contribution in [0.15, 0.2) is 24.3 Å². The summed E-state index contributed by atoms with van der Waals surface area (Å²) in [6.07, 6.45) is 0.250. The van der Waals surface area contributed by atoms with E-state index in [9.17, 15) is 9.59 Å². The molecule has 0 aliphatic rings. The Morgan fingerprint density at radius 2 is 1.90 bits per heavy atom. The number of nitrogens with zero attached hydrogens (tertiary/aromatic N) is 2. The maximum atomic E-state index is 12.2. The Morgan fingerprint density at radius 3 is 2.43 bits per heavy atom. The lowest BCUT2D eigenvalue weighted by Gasteiger charge is -2.26. The van der Waals surface area contributed by atoms with Crippen LogP contribution in [0.1, 0.15) is 30.6 Å². The van der Waals surface area contributed by atoms with E-state index in [0.29, 0.717) is 10.6 Å². The lowest BCUT2D eigenvalue weighted by atomic mass is 10.1. The number of carbonyl (C=O) groups excluding carboxylic acids is 2. The van der Waals surface area contributed by atoms with Gasteiger partial charge in [-0.3, -0.25) is 9.59 Å². The minimum absolute atomic E-state index is 0.197. The minimum Gasteiger partial charge on any atom is -0.341 e. The van der Waals surface area contributed by atoms with Crippen molar-refractivity contribution in [2.24, 2.45) is 0 Å². The third kappa shape index (κ3) is 4.76. The average Bonchev–Trinajstić information content (AvgIpc) is 2.46. The summed E-state index contributed by atoms with van der Waals surface area (Å²) in [7, 11) is 1.62. The number of amides is 2. The van der Waals surface area contributed by atoms with Gasteiger partial charge in [-0.05, 0) is 38.1 Å². The van der Waals surface area contributed by atoms with E-state index in [1.165, 1.54) is 4.90 Å². The van der Waals surface area contributed by atoms with Crippen molar-refractivity contribution in [2.75, 3.05) is 7.05 Å². The zero-order valence-corrected chi connectivity index (χ0v) is 13.0.